The molecule has 3 heterocycles. The van der Waals surface area contributed by atoms with Crippen LogP contribution in [-0.4, -0.2) is 71.6 Å². The Hall–Kier alpha value is -2.91. The lowest BCUT2D eigenvalue weighted by Gasteiger charge is -2.39. The second-order valence-corrected chi connectivity index (χ2v) is 9.48. The normalized spacial score (nSPS) is 20.8. The predicted molar refractivity (Wildman–Crippen MR) is 132 cm³/mol. The van der Waals surface area contributed by atoms with Crippen LogP contribution in [0.15, 0.2) is 30.6 Å². The van der Waals surface area contributed by atoms with Gasteiger partial charge in [-0.1, -0.05) is 6.07 Å². The molecule has 9 nitrogen and oxygen atoms in total. The molecule has 1 fully saturated rings. The van der Waals surface area contributed by atoms with E-state index in [9.17, 15) is 9.59 Å². The Morgan fingerprint density at radius 3 is 2.68 bits per heavy atom. The smallest absolute Gasteiger partial charge is 0.407 e. The Morgan fingerprint density at radius 2 is 1.97 bits per heavy atom. The van der Waals surface area contributed by atoms with Gasteiger partial charge >= 0.3 is 6.09 Å². The molecule has 184 valence electrons. The Morgan fingerprint density at radius 1 is 1.21 bits per heavy atom. The summed E-state index contributed by atoms with van der Waals surface area (Å²) in [5, 5.41) is 10.9. The lowest BCUT2D eigenvalue weighted by Crippen LogP contribution is -2.45. The van der Waals surface area contributed by atoms with Crippen LogP contribution in [0, 0.1) is 0 Å². The number of aromatic nitrogens is 2. The summed E-state index contributed by atoms with van der Waals surface area (Å²) in [5.41, 5.74) is 3.77. The highest BCUT2D eigenvalue weighted by molar-refractivity contribution is 5.94. The van der Waals surface area contributed by atoms with E-state index in [-0.39, 0.29) is 24.1 Å². The van der Waals surface area contributed by atoms with Crippen molar-refractivity contribution in [2.24, 2.45) is 0 Å². The van der Waals surface area contributed by atoms with Crippen molar-refractivity contribution < 1.29 is 14.3 Å². The van der Waals surface area contributed by atoms with Gasteiger partial charge in [-0.15, -0.1) is 0 Å². The van der Waals surface area contributed by atoms with Gasteiger partial charge in [-0.25, -0.2) is 4.79 Å². The number of nitrogens with zero attached hydrogens (tertiary/aromatic N) is 4. The standard InChI is InChI=1S/C25H36N6O3/c1-17(2)34-25(33)28-23-13-18(3)31(19(4)32)24-6-5-20(14-22(23)24)21-15-27-30(16-21)12-11-29-9-7-26-8-10-29/h5-6,14-18,23,26H,7-13H2,1-4H3,(H,28,33). The Bertz CT molecular complexity index is 1010. The molecule has 2 aliphatic heterocycles. The van der Waals surface area contributed by atoms with Gasteiger partial charge in [-0.3, -0.25) is 14.4 Å². The first-order valence-corrected chi connectivity index (χ1v) is 12.2. The Labute approximate surface area is 201 Å². The summed E-state index contributed by atoms with van der Waals surface area (Å²) in [5.74, 6) is -0.00885. The maximum atomic E-state index is 12.4. The molecule has 1 saturated heterocycles. The zero-order chi connectivity index (χ0) is 24.2. The third-order valence-electron chi connectivity index (χ3n) is 6.48. The van der Waals surface area contributed by atoms with Crippen molar-refractivity contribution >= 4 is 17.7 Å². The molecular weight excluding hydrogens is 432 g/mol. The Kier molecular flexibility index (Phi) is 7.53. The molecule has 9 heteroatoms. The highest BCUT2D eigenvalue weighted by Crippen LogP contribution is 2.39. The maximum Gasteiger partial charge on any atom is 0.407 e. The van der Waals surface area contributed by atoms with Crippen LogP contribution in [0.1, 0.15) is 45.7 Å². The van der Waals surface area contributed by atoms with E-state index in [1.165, 1.54) is 0 Å². The van der Waals surface area contributed by atoms with E-state index in [1.807, 2.05) is 48.7 Å². The fraction of sp³-hybridized carbons (Fsp3) is 0.560. The van der Waals surface area contributed by atoms with Crippen molar-refractivity contribution in [3.63, 3.8) is 0 Å². The summed E-state index contributed by atoms with van der Waals surface area (Å²) in [4.78, 5) is 29.0. The van der Waals surface area contributed by atoms with Gasteiger partial charge in [-0.05, 0) is 50.5 Å². The zero-order valence-corrected chi connectivity index (χ0v) is 20.6. The molecule has 0 radical (unpaired) electrons. The summed E-state index contributed by atoms with van der Waals surface area (Å²) in [6.07, 6.45) is 3.91. The molecule has 2 atom stereocenters. The minimum absolute atomic E-state index is 0.00885. The molecule has 0 bridgehead atoms. The average molecular weight is 469 g/mol. The molecule has 2 aromatic rings. The molecular formula is C25H36N6O3. The number of alkyl carbamates (subject to hydrolysis) is 1. The summed E-state index contributed by atoms with van der Waals surface area (Å²) < 4.78 is 7.30. The number of amides is 2. The van der Waals surface area contributed by atoms with E-state index in [4.69, 9.17) is 4.74 Å². The third kappa shape index (κ3) is 5.59. The number of anilines is 1. The van der Waals surface area contributed by atoms with Crippen LogP contribution in [0.5, 0.6) is 0 Å². The fourth-order valence-corrected chi connectivity index (χ4v) is 4.86. The molecule has 2 unspecified atom stereocenters. The minimum atomic E-state index is -0.444. The largest absolute Gasteiger partial charge is 0.447 e. The third-order valence-corrected chi connectivity index (χ3v) is 6.48. The van der Waals surface area contributed by atoms with Gasteiger partial charge in [0.1, 0.15) is 0 Å². The van der Waals surface area contributed by atoms with Gasteiger partial charge < -0.3 is 20.3 Å². The molecule has 34 heavy (non-hydrogen) atoms. The molecule has 4 rings (SSSR count). The van der Waals surface area contributed by atoms with Crippen molar-refractivity contribution in [2.45, 2.75) is 58.8 Å². The maximum absolute atomic E-state index is 12.4. The number of fused-ring (bicyclic) bond motifs is 1. The minimum Gasteiger partial charge on any atom is -0.447 e. The summed E-state index contributed by atoms with van der Waals surface area (Å²) in [7, 11) is 0. The first-order valence-electron chi connectivity index (χ1n) is 12.2. The van der Waals surface area contributed by atoms with E-state index >= 15 is 0 Å². The van der Waals surface area contributed by atoms with E-state index in [1.54, 1.807) is 6.92 Å². The van der Waals surface area contributed by atoms with E-state index in [0.717, 1.165) is 61.6 Å². The van der Waals surface area contributed by atoms with Crippen LogP contribution < -0.4 is 15.5 Å². The van der Waals surface area contributed by atoms with Gasteiger partial charge in [0.25, 0.3) is 0 Å². The molecule has 2 amide bonds. The summed E-state index contributed by atoms with van der Waals surface area (Å²) in [6.45, 7) is 13.3. The van der Waals surface area contributed by atoms with Gasteiger partial charge in [-0.2, -0.15) is 5.10 Å². The predicted octanol–water partition coefficient (Wildman–Crippen LogP) is 2.78. The van der Waals surface area contributed by atoms with Gasteiger partial charge in [0, 0.05) is 63.1 Å². The topological polar surface area (TPSA) is 91.7 Å². The van der Waals surface area contributed by atoms with Crippen LogP contribution in [0.2, 0.25) is 0 Å². The van der Waals surface area contributed by atoms with Crippen LogP contribution >= 0.6 is 0 Å². The first-order chi connectivity index (χ1) is 16.3. The number of nitrogens with one attached hydrogen (secondary N) is 2. The van der Waals surface area contributed by atoms with Crippen molar-refractivity contribution in [1.29, 1.82) is 0 Å². The number of carbonyl (C=O) groups is 2. The molecule has 1 aromatic carbocycles. The highest BCUT2D eigenvalue weighted by atomic mass is 16.6. The summed E-state index contributed by atoms with van der Waals surface area (Å²) >= 11 is 0. The van der Waals surface area contributed by atoms with Crippen LogP contribution in [0.4, 0.5) is 10.5 Å². The van der Waals surface area contributed by atoms with Crippen molar-refractivity contribution in [1.82, 2.24) is 25.3 Å². The molecule has 1 aromatic heterocycles. The van der Waals surface area contributed by atoms with Gasteiger partial charge in [0.2, 0.25) is 5.91 Å². The number of carbonyl (C=O) groups excluding carboxylic acids is 2. The number of ether oxygens (including phenoxy) is 1. The first kappa shape index (κ1) is 24.2. The molecule has 0 saturated carbocycles. The zero-order valence-electron chi connectivity index (χ0n) is 20.6. The molecule has 2 aliphatic rings. The summed E-state index contributed by atoms with van der Waals surface area (Å²) in [6, 6.07) is 5.79. The average Bonchev–Trinajstić information content (AvgIpc) is 3.26. The van der Waals surface area contributed by atoms with Crippen LogP contribution in [-0.2, 0) is 16.1 Å². The number of hydrogen-bond donors (Lipinski definition) is 2. The van der Waals surface area contributed by atoms with Gasteiger partial charge in [0.15, 0.2) is 0 Å². The lowest BCUT2D eigenvalue weighted by molar-refractivity contribution is -0.117. The van der Waals surface area contributed by atoms with Crippen LogP contribution in [0.25, 0.3) is 11.1 Å². The highest BCUT2D eigenvalue weighted by Gasteiger charge is 2.34. The quantitative estimate of drug-likeness (QED) is 0.678. The van der Waals surface area contributed by atoms with Crippen molar-refractivity contribution in [3.8, 4) is 11.1 Å². The van der Waals surface area contributed by atoms with Crippen molar-refractivity contribution in [3.05, 3.63) is 36.2 Å². The van der Waals surface area contributed by atoms with E-state index in [0.29, 0.717) is 6.42 Å². The van der Waals surface area contributed by atoms with Gasteiger partial charge in [0.05, 0.1) is 24.9 Å². The molecule has 0 aliphatic carbocycles. The number of benzene rings is 1. The number of hydrogen-bond acceptors (Lipinski definition) is 6. The Balaban J connectivity index is 1.56. The van der Waals surface area contributed by atoms with E-state index < -0.39 is 6.09 Å². The van der Waals surface area contributed by atoms with E-state index in [2.05, 4.69) is 32.9 Å². The molecule has 2 N–H and O–H groups in total. The van der Waals surface area contributed by atoms with Crippen LogP contribution in [0.3, 0.4) is 0 Å². The van der Waals surface area contributed by atoms with Crippen molar-refractivity contribution in [2.75, 3.05) is 37.6 Å². The number of piperazine rings is 1. The fourth-order valence-electron chi connectivity index (χ4n) is 4.86. The molecule has 0 spiro atoms. The second kappa shape index (κ2) is 10.6. The number of rotatable bonds is 6. The monoisotopic (exact) mass is 468 g/mol. The SMILES string of the molecule is CC(=O)N1c2ccc(-c3cnn(CCN4CCNCC4)c3)cc2C(NC(=O)OC(C)C)CC1C. The lowest BCUT2D eigenvalue weighted by atomic mass is 9.89. The second-order valence-electron chi connectivity index (χ2n) is 9.48.